The minimum absolute atomic E-state index is 0. The van der Waals surface area contributed by atoms with Crippen LogP contribution in [0.2, 0.25) is 0 Å². The van der Waals surface area contributed by atoms with Crippen molar-refractivity contribution in [2.24, 2.45) is 0 Å². The number of hydrogen-bond acceptors (Lipinski definition) is 2. The molecule has 2 aromatic rings. The first-order chi connectivity index (χ1) is 7.38. The van der Waals surface area contributed by atoms with Crippen LogP contribution in [0.5, 0.6) is 0 Å². The maximum Gasteiger partial charge on any atom is 0.122 e. The van der Waals surface area contributed by atoms with Gasteiger partial charge in [0.15, 0.2) is 0 Å². The van der Waals surface area contributed by atoms with E-state index in [0.29, 0.717) is 0 Å². The normalized spacial score (nSPS) is 8.13. The second-order valence-electron chi connectivity index (χ2n) is 2.75. The molecule has 0 aliphatic rings. The van der Waals surface area contributed by atoms with Crippen molar-refractivity contribution < 1.29 is 0 Å². The molecular formula is C13H9N2. The molecule has 0 amide bonds. The topological polar surface area (TPSA) is 47.6 Å². The summed E-state index contributed by atoms with van der Waals surface area (Å²) < 4.78 is 0. The summed E-state index contributed by atoms with van der Waals surface area (Å²) in [4.78, 5) is 0. The van der Waals surface area contributed by atoms with Crippen LogP contribution >= 0.6 is 0 Å². The molecule has 0 spiro atoms. The van der Waals surface area contributed by atoms with Crippen LogP contribution in [-0.2, 0) is 0 Å². The molecule has 0 fully saturated rings. The van der Waals surface area contributed by atoms with E-state index >= 15 is 0 Å². The van der Waals surface area contributed by atoms with Crippen molar-refractivity contribution in [3.8, 4) is 12.1 Å². The molecule has 0 aromatic heterocycles. The maximum atomic E-state index is 7.59. The standard InChI is InChI=1S/C10H7.C3H2N2/c1-2-6-10-8-4-3-7-9(10)5-1;4-2-1-3-5/h1-7H;1H2. The summed E-state index contributed by atoms with van der Waals surface area (Å²) in [5, 5.41) is 17.6. The number of benzene rings is 2. The second kappa shape index (κ2) is 6.18. The SMILES string of the molecule is N#CCC#N.[c]1cccc2ccccc12. The van der Waals surface area contributed by atoms with Gasteiger partial charge in [0.1, 0.15) is 6.42 Å². The fourth-order valence-corrected chi connectivity index (χ4v) is 1.10. The number of nitriles is 2. The van der Waals surface area contributed by atoms with Crippen molar-refractivity contribution in [2.75, 3.05) is 0 Å². The number of rotatable bonds is 0. The number of nitrogens with zero attached hydrogens (tertiary/aromatic N) is 2. The summed E-state index contributed by atoms with van der Waals surface area (Å²) in [7, 11) is 0. The fourth-order valence-electron chi connectivity index (χ4n) is 1.10. The van der Waals surface area contributed by atoms with E-state index < -0.39 is 0 Å². The van der Waals surface area contributed by atoms with Gasteiger partial charge in [0.05, 0.1) is 12.1 Å². The first-order valence-corrected chi connectivity index (χ1v) is 4.48. The van der Waals surface area contributed by atoms with Gasteiger partial charge in [-0.2, -0.15) is 10.5 Å². The lowest BCUT2D eigenvalue weighted by Gasteiger charge is -1.91. The lowest BCUT2D eigenvalue weighted by atomic mass is 10.1. The average molecular weight is 193 g/mol. The van der Waals surface area contributed by atoms with Crippen LogP contribution in [0, 0.1) is 28.7 Å². The zero-order valence-corrected chi connectivity index (χ0v) is 8.14. The van der Waals surface area contributed by atoms with E-state index in [1.54, 1.807) is 12.1 Å². The van der Waals surface area contributed by atoms with Crippen LogP contribution < -0.4 is 0 Å². The molecule has 0 saturated heterocycles. The lowest BCUT2D eigenvalue weighted by Crippen LogP contribution is -1.67. The molecule has 0 unspecified atom stereocenters. The highest BCUT2D eigenvalue weighted by Crippen LogP contribution is 2.10. The molecule has 0 N–H and O–H groups in total. The molecule has 2 heteroatoms. The first-order valence-electron chi connectivity index (χ1n) is 4.48. The number of hydrogen-bond donors (Lipinski definition) is 0. The summed E-state index contributed by atoms with van der Waals surface area (Å²) in [6, 6.07) is 20.7. The third-order valence-electron chi connectivity index (χ3n) is 1.73. The highest BCUT2D eigenvalue weighted by atomic mass is 14.3. The number of fused-ring (bicyclic) bond motifs is 1. The molecule has 0 aliphatic heterocycles. The summed E-state index contributed by atoms with van der Waals surface area (Å²) in [5.41, 5.74) is 0. The van der Waals surface area contributed by atoms with E-state index in [4.69, 9.17) is 10.5 Å². The Hall–Kier alpha value is -2.32. The first kappa shape index (κ1) is 10.8. The van der Waals surface area contributed by atoms with E-state index in [2.05, 4.69) is 24.3 Å². The zero-order chi connectivity index (χ0) is 10.9. The maximum absolute atomic E-state index is 7.59. The quantitative estimate of drug-likeness (QED) is 0.645. The minimum atomic E-state index is 0. The third-order valence-corrected chi connectivity index (χ3v) is 1.73. The molecule has 2 nitrogen and oxygen atoms in total. The van der Waals surface area contributed by atoms with Gasteiger partial charge in [0.2, 0.25) is 0 Å². The molecule has 0 heterocycles. The van der Waals surface area contributed by atoms with E-state index in [1.165, 1.54) is 10.8 Å². The monoisotopic (exact) mass is 193 g/mol. The molecule has 0 saturated carbocycles. The highest BCUT2D eigenvalue weighted by molar-refractivity contribution is 5.81. The Morgan fingerprint density at radius 2 is 1.67 bits per heavy atom. The molecule has 0 bridgehead atoms. The third kappa shape index (κ3) is 3.50. The fraction of sp³-hybridized carbons (Fsp3) is 0.0769. The summed E-state index contributed by atoms with van der Waals surface area (Å²) in [5.74, 6) is 0. The van der Waals surface area contributed by atoms with Crippen LogP contribution in [-0.4, -0.2) is 0 Å². The summed E-state index contributed by atoms with van der Waals surface area (Å²) >= 11 is 0. The summed E-state index contributed by atoms with van der Waals surface area (Å²) in [6.07, 6.45) is 0. The van der Waals surface area contributed by atoms with Gasteiger partial charge in [-0.15, -0.1) is 0 Å². The van der Waals surface area contributed by atoms with E-state index in [1.807, 2.05) is 24.3 Å². The van der Waals surface area contributed by atoms with Crippen LogP contribution in [0.1, 0.15) is 6.42 Å². The van der Waals surface area contributed by atoms with Gasteiger partial charge < -0.3 is 0 Å². The van der Waals surface area contributed by atoms with Gasteiger partial charge in [-0.1, -0.05) is 42.5 Å². The van der Waals surface area contributed by atoms with Gasteiger partial charge in [-0.25, -0.2) is 0 Å². The molecule has 15 heavy (non-hydrogen) atoms. The van der Waals surface area contributed by atoms with Crippen molar-refractivity contribution >= 4 is 10.8 Å². The van der Waals surface area contributed by atoms with Crippen LogP contribution in [0.15, 0.2) is 42.5 Å². The Bertz CT molecular complexity index is 426. The Morgan fingerprint density at radius 3 is 2.27 bits per heavy atom. The molecule has 71 valence electrons. The molecule has 1 radical (unpaired) electrons. The van der Waals surface area contributed by atoms with Crippen molar-refractivity contribution in [2.45, 2.75) is 6.42 Å². The molecular weight excluding hydrogens is 184 g/mol. The van der Waals surface area contributed by atoms with Gasteiger partial charge >= 0.3 is 0 Å². The van der Waals surface area contributed by atoms with E-state index in [0.717, 1.165) is 0 Å². The van der Waals surface area contributed by atoms with Crippen LogP contribution in [0.4, 0.5) is 0 Å². The Morgan fingerprint density at radius 1 is 1.00 bits per heavy atom. The Kier molecular flexibility index (Phi) is 4.43. The van der Waals surface area contributed by atoms with Crippen molar-refractivity contribution in [1.82, 2.24) is 0 Å². The van der Waals surface area contributed by atoms with E-state index in [9.17, 15) is 0 Å². The smallest absolute Gasteiger partial charge is 0.122 e. The average Bonchev–Trinajstić information content (AvgIpc) is 2.31. The summed E-state index contributed by atoms with van der Waals surface area (Å²) in [6.45, 7) is 0. The molecule has 2 aromatic carbocycles. The van der Waals surface area contributed by atoms with Crippen molar-refractivity contribution in [3.63, 3.8) is 0 Å². The lowest BCUT2D eigenvalue weighted by molar-refractivity contribution is 1.33. The predicted molar refractivity (Wildman–Crippen MR) is 58.6 cm³/mol. The Balaban J connectivity index is 0.000000195. The highest BCUT2D eigenvalue weighted by Gasteiger charge is 1.85. The van der Waals surface area contributed by atoms with Gasteiger partial charge in [-0.3, -0.25) is 0 Å². The molecule has 0 aliphatic carbocycles. The minimum Gasteiger partial charge on any atom is -0.197 e. The molecule has 2 rings (SSSR count). The second-order valence-corrected chi connectivity index (χ2v) is 2.75. The van der Waals surface area contributed by atoms with Gasteiger partial charge in [0.25, 0.3) is 0 Å². The van der Waals surface area contributed by atoms with Crippen LogP contribution in [0.25, 0.3) is 10.8 Å². The predicted octanol–water partition coefficient (Wildman–Crippen LogP) is 3.06. The van der Waals surface area contributed by atoms with Gasteiger partial charge in [0, 0.05) is 0 Å². The largest absolute Gasteiger partial charge is 0.197 e. The zero-order valence-electron chi connectivity index (χ0n) is 8.14. The molecule has 0 atom stereocenters. The Labute approximate surface area is 89.0 Å². The van der Waals surface area contributed by atoms with E-state index in [-0.39, 0.29) is 6.42 Å². The van der Waals surface area contributed by atoms with Crippen molar-refractivity contribution in [1.29, 1.82) is 10.5 Å². The van der Waals surface area contributed by atoms with Crippen LogP contribution in [0.3, 0.4) is 0 Å². The van der Waals surface area contributed by atoms with Crippen molar-refractivity contribution in [3.05, 3.63) is 48.5 Å². The van der Waals surface area contributed by atoms with Gasteiger partial charge in [-0.05, 0) is 16.8 Å².